The number of methoxy groups -OCH3 is 1. The molecule has 1 saturated heterocycles. The lowest BCUT2D eigenvalue weighted by molar-refractivity contribution is -0.175. The van der Waals surface area contributed by atoms with Crippen LogP contribution in [-0.4, -0.2) is 59.0 Å². The number of carbonyl (C=O) groups is 1. The molecule has 6 heteroatoms. The van der Waals surface area contributed by atoms with E-state index in [1.807, 2.05) is 6.07 Å². The number of aliphatic hydroxyl groups is 1. The zero-order chi connectivity index (χ0) is 20.0. The fourth-order valence-electron chi connectivity index (χ4n) is 6.69. The molecule has 2 heterocycles. The van der Waals surface area contributed by atoms with E-state index in [2.05, 4.69) is 4.90 Å². The SMILES string of the molecule is COC(=O)/C=C1/CC[C@@]2(O)[C@H]3Cc4ccc(O)c5c4[C@@]2(CCN3CC2CC2)[C@H]1O5. The lowest BCUT2D eigenvalue weighted by atomic mass is 9.48. The lowest BCUT2D eigenvalue weighted by Crippen LogP contribution is -2.75. The molecular weight excluding hydrogens is 370 g/mol. The number of benzene rings is 1. The van der Waals surface area contributed by atoms with Crippen LogP contribution in [0, 0.1) is 5.92 Å². The predicted octanol–water partition coefficient (Wildman–Crippen LogP) is 2.06. The predicted molar refractivity (Wildman–Crippen MR) is 105 cm³/mol. The number of likely N-dealkylation sites (tertiary alicyclic amines) is 1. The Hall–Kier alpha value is -2.05. The Morgan fingerprint density at radius 2 is 2.21 bits per heavy atom. The number of aromatic hydroxyl groups is 1. The molecule has 6 rings (SSSR count). The van der Waals surface area contributed by atoms with Gasteiger partial charge in [-0.15, -0.1) is 0 Å². The highest BCUT2D eigenvalue weighted by Crippen LogP contribution is 2.66. The van der Waals surface area contributed by atoms with Gasteiger partial charge in [0.1, 0.15) is 6.10 Å². The summed E-state index contributed by atoms with van der Waals surface area (Å²) in [5, 5.41) is 22.8. The monoisotopic (exact) mass is 397 g/mol. The number of hydrogen-bond acceptors (Lipinski definition) is 6. The van der Waals surface area contributed by atoms with Crippen molar-refractivity contribution >= 4 is 5.97 Å². The van der Waals surface area contributed by atoms with Gasteiger partial charge in [-0.05, 0) is 68.2 Å². The first-order valence-electron chi connectivity index (χ1n) is 10.7. The Labute approximate surface area is 170 Å². The van der Waals surface area contributed by atoms with E-state index in [-0.39, 0.29) is 11.8 Å². The van der Waals surface area contributed by atoms with E-state index in [9.17, 15) is 15.0 Å². The summed E-state index contributed by atoms with van der Waals surface area (Å²) >= 11 is 0. The molecule has 2 bridgehead atoms. The van der Waals surface area contributed by atoms with Crippen LogP contribution in [-0.2, 0) is 21.4 Å². The van der Waals surface area contributed by atoms with Crippen molar-refractivity contribution in [2.24, 2.45) is 5.92 Å². The molecule has 0 amide bonds. The van der Waals surface area contributed by atoms with Crippen molar-refractivity contribution in [3.05, 3.63) is 34.9 Å². The van der Waals surface area contributed by atoms with Crippen molar-refractivity contribution in [1.82, 2.24) is 4.90 Å². The molecule has 2 aliphatic heterocycles. The number of hydrogen-bond donors (Lipinski definition) is 2. The maximum Gasteiger partial charge on any atom is 0.330 e. The summed E-state index contributed by atoms with van der Waals surface area (Å²) in [4.78, 5) is 14.5. The highest BCUT2D eigenvalue weighted by atomic mass is 16.5. The molecule has 3 fully saturated rings. The van der Waals surface area contributed by atoms with Crippen LogP contribution in [0.1, 0.15) is 43.2 Å². The fraction of sp³-hybridized carbons (Fsp3) is 0.609. The second kappa shape index (κ2) is 5.76. The molecule has 0 unspecified atom stereocenters. The number of phenolic OH excluding ortho intramolecular Hbond substituents is 1. The van der Waals surface area contributed by atoms with Crippen molar-refractivity contribution in [2.75, 3.05) is 20.2 Å². The van der Waals surface area contributed by atoms with Gasteiger partial charge in [-0.25, -0.2) is 4.79 Å². The van der Waals surface area contributed by atoms with Gasteiger partial charge in [0.15, 0.2) is 11.5 Å². The van der Waals surface area contributed by atoms with E-state index in [0.717, 1.165) is 48.5 Å². The normalized spacial score (nSPS) is 38.5. The molecule has 0 aromatic heterocycles. The molecule has 1 aromatic rings. The van der Waals surface area contributed by atoms with Gasteiger partial charge >= 0.3 is 5.97 Å². The summed E-state index contributed by atoms with van der Waals surface area (Å²) in [7, 11) is 1.37. The number of piperidine rings is 1. The third-order valence-corrected chi connectivity index (χ3v) is 8.15. The van der Waals surface area contributed by atoms with E-state index in [1.165, 1.54) is 26.0 Å². The number of carbonyl (C=O) groups excluding carboxylic acids is 1. The largest absolute Gasteiger partial charge is 0.504 e. The van der Waals surface area contributed by atoms with Crippen LogP contribution in [0.2, 0.25) is 0 Å². The zero-order valence-electron chi connectivity index (χ0n) is 16.7. The van der Waals surface area contributed by atoms with Crippen molar-refractivity contribution < 1.29 is 24.5 Å². The Morgan fingerprint density at radius 1 is 1.38 bits per heavy atom. The van der Waals surface area contributed by atoms with Gasteiger partial charge in [-0.3, -0.25) is 4.90 Å². The number of rotatable bonds is 3. The maximum atomic E-state index is 12.3. The first kappa shape index (κ1) is 17.8. The Balaban J connectivity index is 1.53. The lowest BCUT2D eigenvalue weighted by Gasteiger charge is -2.63. The number of esters is 1. The summed E-state index contributed by atoms with van der Waals surface area (Å²) in [5.41, 5.74) is 1.46. The van der Waals surface area contributed by atoms with Gasteiger partial charge in [0.25, 0.3) is 0 Å². The van der Waals surface area contributed by atoms with Crippen LogP contribution in [0.4, 0.5) is 0 Å². The minimum atomic E-state index is -0.926. The number of phenols is 1. The highest BCUT2D eigenvalue weighted by Gasteiger charge is 2.72. The van der Waals surface area contributed by atoms with Gasteiger partial charge in [0, 0.05) is 24.2 Å². The molecule has 0 radical (unpaired) electrons. The van der Waals surface area contributed by atoms with Crippen LogP contribution in [0.3, 0.4) is 0 Å². The van der Waals surface area contributed by atoms with Gasteiger partial charge < -0.3 is 19.7 Å². The molecular formula is C23H27NO5. The van der Waals surface area contributed by atoms with Crippen LogP contribution in [0.25, 0.3) is 0 Å². The van der Waals surface area contributed by atoms with Crippen molar-refractivity contribution in [3.8, 4) is 11.5 Å². The average molecular weight is 397 g/mol. The summed E-state index contributed by atoms with van der Waals surface area (Å²) in [6.45, 7) is 1.96. The van der Waals surface area contributed by atoms with Crippen LogP contribution in [0.15, 0.2) is 23.8 Å². The van der Waals surface area contributed by atoms with Crippen molar-refractivity contribution in [3.63, 3.8) is 0 Å². The highest BCUT2D eigenvalue weighted by molar-refractivity contribution is 5.83. The van der Waals surface area contributed by atoms with Crippen molar-refractivity contribution in [2.45, 2.75) is 61.7 Å². The molecule has 5 aliphatic rings. The average Bonchev–Trinajstić information content (AvgIpc) is 3.44. The van der Waals surface area contributed by atoms with E-state index < -0.39 is 23.1 Å². The standard InChI is InChI=1S/C23H27NO5/c1-28-18(26)11-15-6-7-23(27)17-10-14-4-5-16(25)20-19(14)22(23,21(15)29-20)8-9-24(17)12-13-2-3-13/h4-5,11,13,17,21,25,27H,2-3,6-10,12H2,1H3/b15-11-/t17-,21+,22+,23-/m1/s1. The van der Waals surface area contributed by atoms with E-state index in [4.69, 9.17) is 9.47 Å². The summed E-state index contributed by atoms with van der Waals surface area (Å²) in [6, 6.07) is 3.75. The Bertz CT molecular complexity index is 937. The van der Waals surface area contributed by atoms with Gasteiger partial charge in [0.2, 0.25) is 0 Å². The first-order valence-corrected chi connectivity index (χ1v) is 10.7. The van der Waals surface area contributed by atoms with Gasteiger partial charge in [-0.2, -0.15) is 0 Å². The van der Waals surface area contributed by atoms with Crippen LogP contribution >= 0.6 is 0 Å². The molecule has 2 saturated carbocycles. The summed E-state index contributed by atoms with van der Waals surface area (Å²) < 4.78 is 11.2. The minimum Gasteiger partial charge on any atom is -0.504 e. The number of nitrogens with zero attached hydrogens (tertiary/aromatic N) is 1. The van der Waals surface area contributed by atoms with E-state index in [0.29, 0.717) is 18.6 Å². The molecule has 2 N–H and O–H groups in total. The third-order valence-electron chi connectivity index (χ3n) is 8.15. The molecule has 6 nitrogen and oxygen atoms in total. The van der Waals surface area contributed by atoms with Gasteiger partial charge in [-0.1, -0.05) is 6.07 Å². The molecule has 1 spiro atoms. The fourth-order valence-corrected chi connectivity index (χ4v) is 6.69. The Kier molecular flexibility index (Phi) is 3.53. The minimum absolute atomic E-state index is 0.0469. The smallest absolute Gasteiger partial charge is 0.330 e. The molecule has 3 aliphatic carbocycles. The van der Waals surface area contributed by atoms with Crippen LogP contribution < -0.4 is 4.74 Å². The van der Waals surface area contributed by atoms with Crippen LogP contribution in [0.5, 0.6) is 11.5 Å². The van der Waals surface area contributed by atoms with Gasteiger partial charge in [0.05, 0.1) is 18.1 Å². The third kappa shape index (κ3) is 2.16. The number of ether oxygens (including phenoxy) is 2. The molecule has 29 heavy (non-hydrogen) atoms. The maximum absolute atomic E-state index is 12.3. The Morgan fingerprint density at radius 3 is 2.97 bits per heavy atom. The molecule has 4 atom stereocenters. The summed E-state index contributed by atoms with van der Waals surface area (Å²) in [6.07, 6.45) is 6.40. The summed E-state index contributed by atoms with van der Waals surface area (Å²) in [5.74, 6) is 0.978. The second-order valence-corrected chi connectivity index (χ2v) is 9.49. The van der Waals surface area contributed by atoms with E-state index >= 15 is 0 Å². The molecule has 1 aromatic carbocycles. The van der Waals surface area contributed by atoms with E-state index in [1.54, 1.807) is 6.07 Å². The second-order valence-electron chi connectivity index (χ2n) is 9.49. The van der Waals surface area contributed by atoms with Crippen molar-refractivity contribution in [1.29, 1.82) is 0 Å². The first-order chi connectivity index (χ1) is 14.0. The quantitative estimate of drug-likeness (QED) is 0.600. The zero-order valence-corrected chi connectivity index (χ0v) is 16.7. The topological polar surface area (TPSA) is 79.2 Å². The molecule has 154 valence electrons.